The molecule has 0 saturated carbocycles. The average molecular weight is 661 g/mol. The number of nitrogens with zero attached hydrogens (tertiary/aromatic N) is 2. The number of halogens is 3. The summed E-state index contributed by atoms with van der Waals surface area (Å²) in [5.41, 5.74) is 0.681. The summed E-state index contributed by atoms with van der Waals surface area (Å²) >= 11 is 1.09. The van der Waals surface area contributed by atoms with E-state index in [1.165, 1.54) is 43.1 Å². The van der Waals surface area contributed by atoms with Crippen LogP contribution in [0.3, 0.4) is 0 Å². The zero-order chi connectivity index (χ0) is 33.3. The van der Waals surface area contributed by atoms with Gasteiger partial charge in [-0.05, 0) is 48.9 Å². The number of aromatic nitrogens is 1. The summed E-state index contributed by atoms with van der Waals surface area (Å²) in [6, 6.07) is 21.2. The van der Waals surface area contributed by atoms with Crippen molar-refractivity contribution in [3.05, 3.63) is 133 Å². The van der Waals surface area contributed by atoms with Crippen molar-refractivity contribution in [1.82, 2.24) is 4.57 Å². The Morgan fingerprint density at radius 2 is 1.70 bits per heavy atom. The Bertz CT molecular complexity index is 2180. The molecule has 3 aromatic carbocycles. The lowest BCUT2D eigenvalue weighted by atomic mass is 9.93. The third-order valence-electron chi connectivity index (χ3n) is 7.47. The molecular weight excluding hydrogens is 633 g/mol. The molecule has 0 bridgehead atoms. The lowest BCUT2D eigenvalue weighted by Crippen LogP contribution is -2.40. The predicted molar refractivity (Wildman–Crippen MR) is 170 cm³/mol. The molecule has 0 fully saturated rings. The first-order chi connectivity index (χ1) is 22.6. The van der Waals surface area contributed by atoms with E-state index in [9.17, 15) is 22.8 Å². The van der Waals surface area contributed by atoms with Gasteiger partial charge in [0, 0.05) is 17.2 Å². The molecule has 0 saturated heterocycles. The summed E-state index contributed by atoms with van der Waals surface area (Å²) in [7, 11) is 2.99. The second-order valence-electron chi connectivity index (χ2n) is 10.3. The van der Waals surface area contributed by atoms with Crippen LogP contribution in [0, 0.1) is 0 Å². The van der Waals surface area contributed by atoms with Gasteiger partial charge in [-0.2, -0.15) is 13.2 Å². The van der Waals surface area contributed by atoms with E-state index in [4.69, 9.17) is 23.6 Å². The smallest absolute Gasteiger partial charge is 0.416 e. The van der Waals surface area contributed by atoms with Crippen molar-refractivity contribution >= 4 is 29.1 Å². The second-order valence-corrected chi connectivity index (χ2v) is 11.3. The monoisotopic (exact) mass is 660 g/mol. The van der Waals surface area contributed by atoms with Crippen molar-refractivity contribution in [3.8, 4) is 22.8 Å². The maximum atomic E-state index is 14.2. The quantitative estimate of drug-likeness (QED) is 0.183. The zero-order valence-corrected chi connectivity index (χ0v) is 26.1. The third-order valence-corrected chi connectivity index (χ3v) is 8.45. The molecule has 0 radical (unpaired) electrons. The summed E-state index contributed by atoms with van der Waals surface area (Å²) in [6.07, 6.45) is -3.01. The number of carbonyl (C=O) groups excluding carboxylic acids is 1. The van der Waals surface area contributed by atoms with Gasteiger partial charge in [-0.3, -0.25) is 9.36 Å². The molecule has 12 heteroatoms. The van der Waals surface area contributed by atoms with Crippen molar-refractivity contribution in [2.75, 3.05) is 20.8 Å². The largest absolute Gasteiger partial charge is 0.493 e. The molecule has 1 unspecified atom stereocenters. The molecule has 6 rings (SSSR count). The lowest BCUT2D eigenvalue weighted by Gasteiger charge is -2.26. The first-order valence-corrected chi connectivity index (χ1v) is 15.2. The van der Waals surface area contributed by atoms with Crippen molar-refractivity contribution in [1.29, 1.82) is 0 Å². The molecule has 1 atom stereocenters. The average Bonchev–Trinajstić information content (AvgIpc) is 3.67. The second kappa shape index (κ2) is 12.8. The van der Waals surface area contributed by atoms with Gasteiger partial charge < -0.3 is 18.6 Å². The van der Waals surface area contributed by atoms with Crippen LogP contribution in [0.25, 0.3) is 23.1 Å². The molecule has 3 heterocycles. The Morgan fingerprint density at radius 1 is 0.957 bits per heavy atom. The first-order valence-electron chi connectivity index (χ1n) is 14.4. The van der Waals surface area contributed by atoms with E-state index in [1.54, 1.807) is 31.2 Å². The molecule has 0 N–H and O–H groups in total. The number of benzene rings is 3. The van der Waals surface area contributed by atoms with Crippen LogP contribution < -0.4 is 24.4 Å². The number of esters is 1. The van der Waals surface area contributed by atoms with Crippen molar-refractivity contribution in [3.63, 3.8) is 0 Å². The van der Waals surface area contributed by atoms with E-state index in [1.807, 2.05) is 30.3 Å². The van der Waals surface area contributed by atoms with Crippen LogP contribution in [-0.2, 0) is 15.7 Å². The maximum Gasteiger partial charge on any atom is 0.416 e. The number of furan rings is 1. The van der Waals surface area contributed by atoms with Gasteiger partial charge in [0.1, 0.15) is 11.5 Å². The number of hydrogen-bond donors (Lipinski definition) is 0. The number of thiazole rings is 1. The number of ether oxygens (including phenoxy) is 3. The van der Waals surface area contributed by atoms with Crippen LogP contribution in [-0.4, -0.2) is 31.4 Å². The summed E-state index contributed by atoms with van der Waals surface area (Å²) in [4.78, 5) is 33.0. The minimum atomic E-state index is -4.51. The highest BCUT2D eigenvalue weighted by molar-refractivity contribution is 7.07. The fraction of sp³-hybridized carbons (Fsp3) is 0.171. The molecule has 47 heavy (non-hydrogen) atoms. The summed E-state index contributed by atoms with van der Waals surface area (Å²) in [5, 5.41) is 0. The number of hydrogen-bond acceptors (Lipinski definition) is 8. The normalized spacial score (nSPS) is 14.9. The number of methoxy groups -OCH3 is 2. The van der Waals surface area contributed by atoms with Gasteiger partial charge in [0.2, 0.25) is 0 Å². The van der Waals surface area contributed by atoms with Gasteiger partial charge >= 0.3 is 12.1 Å². The number of fused-ring (bicyclic) bond motifs is 1. The van der Waals surface area contributed by atoms with Gasteiger partial charge in [0.05, 0.1) is 48.2 Å². The molecule has 0 amide bonds. The van der Waals surface area contributed by atoms with Crippen molar-refractivity contribution in [2.45, 2.75) is 19.1 Å². The van der Waals surface area contributed by atoms with Gasteiger partial charge in [0.25, 0.3) is 5.56 Å². The van der Waals surface area contributed by atoms with Crippen LogP contribution in [0.5, 0.6) is 11.5 Å². The fourth-order valence-corrected chi connectivity index (χ4v) is 6.32. The minimum absolute atomic E-state index is 0.0974. The molecule has 0 aliphatic carbocycles. The number of carbonyl (C=O) groups is 1. The van der Waals surface area contributed by atoms with Crippen LogP contribution in [0.2, 0.25) is 0 Å². The maximum absolute atomic E-state index is 14.2. The Morgan fingerprint density at radius 3 is 2.40 bits per heavy atom. The van der Waals surface area contributed by atoms with Gasteiger partial charge in [-0.15, -0.1) is 0 Å². The Balaban J connectivity index is 1.55. The molecule has 2 aromatic heterocycles. The standard InChI is InChI=1S/C35H27F3N2O6S/c1-4-45-33(42)29-30(20-9-6-5-7-10-20)39-34-40(31(29)22-13-15-26(43-2)27(18-22)44-3)32(41)28(47-34)19-24-14-16-25(46-24)21-11-8-12-23(17-21)35(36,37)38/h5-19,31H,4H2,1-3H3/b28-19-. The summed E-state index contributed by atoms with van der Waals surface area (Å²) in [5.74, 6) is 0.669. The topological polar surface area (TPSA) is 92.3 Å². The Hall–Kier alpha value is -5.36. The van der Waals surface area contributed by atoms with Crippen molar-refractivity contribution < 1.29 is 36.6 Å². The van der Waals surface area contributed by atoms with Crippen LogP contribution in [0.1, 0.15) is 35.4 Å². The van der Waals surface area contributed by atoms with E-state index in [0.29, 0.717) is 33.1 Å². The Kier molecular flexibility index (Phi) is 8.61. The molecule has 240 valence electrons. The van der Waals surface area contributed by atoms with E-state index < -0.39 is 29.3 Å². The minimum Gasteiger partial charge on any atom is -0.493 e. The highest BCUT2D eigenvalue weighted by Crippen LogP contribution is 2.38. The van der Waals surface area contributed by atoms with E-state index in [-0.39, 0.29) is 33.8 Å². The highest BCUT2D eigenvalue weighted by Gasteiger charge is 2.36. The first kappa shape index (κ1) is 31.6. The third kappa shape index (κ3) is 6.11. The van der Waals surface area contributed by atoms with E-state index in [0.717, 1.165) is 23.5 Å². The Labute approximate surface area is 270 Å². The molecule has 1 aliphatic heterocycles. The molecule has 1 aliphatic rings. The summed E-state index contributed by atoms with van der Waals surface area (Å²) in [6.45, 7) is 1.79. The zero-order valence-electron chi connectivity index (χ0n) is 25.3. The fourth-order valence-electron chi connectivity index (χ4n) is 5.34. The van der Waals surface area contributed by atoms with Crippen LogP contribution >= 0.6 is 11.3 Å². The highest BCUT2D eigenvalue weighted by atomic mass is 32.1. The predicted octanol–water partition coefficient (Wildman–Crippen LogP) is 6.23. The van der Waals surface area contributed by atoms with Crippen LogP contribution in [0.15, 0.2) is 105 Å². The molecular formula is C35H27F3N2O6S. The number of rotatable bonds is 8. The molecule has 0 spiro atoms. The van der Waals surface area contributed by atoms with Gasteiger partial charge in [-0.1, -0.05) is 59.9 Å². The SMILES string of the molecule is CCOC(=O)C1=C(c2ccccc2)N=c2s/c(=C\c3ccc(-c4cccc(C(F)(F)F)c4)o3)c(=O)n2C1c1ccc(OC)c(OC)c1. The van der Waals surface area contributed by atoms with Gasteiger partial charge in [-0.25, -0.2) is 9.79 Å². The molecule has 5 aromatic rings. The summed E-state index contributed by atoms with van der Waals surface area (Å²) < 4.78 is 63.9. The van der Waals surface area contributed by atoms with Gasteiger partial charge in [0.15, 0.2) is 16.3 Å². The number of alkyl halides is 3. The molecule has 8 nitrogen and oxygen atoms in total. The van der Waals surface area contributed by atoms with Crippen LogP contribution in [0.4, 0.5) is 13.2 Å². The van der Waals surface area contributed by atoms with E-state index >= 15 is 0 Å². The lowest BCUT2D eigenvalue weighted by molar-refractivity contribution is -0.139. The van der Waals surface area contributed by atoms with E-state index in [2.05, 4.69) is 0 Å². The van der Waals surface area contributed by atoms with Crippen molar-refractivity contribution in [2.24, 2.45) is 4.99 Å².